The number of nitrogens with one attached hydrogen (secondary N) is 1. The van der Waals surface area contributed by atoms with Crippen LogP contribution in [-0.2, 0) is 4.79 Å². The molecule has 108 valence electrons. The first-order chi connectivity index (χ1) is 9.79. The Bertz CT molecular complexity index is 489. The monoisotopic (exact) mass is 292 g/mol. The summed E-state index contributed by atoms with van der Waals surface area (Å²) in [6.07, 6.45) is 2.43. The Kier molecular flexibility index (Phi) is 4.17. The van der Waals surface area contributed by atoms with E-state index in [1.807, 2.05) is 40.9 Å². The van der Waals surface area contributed by atoms with Crippen molar-refractivity contribution in [1.29, 1.82) is 0 Å². The number of benzene rings is 1. The molecule has 2 fully saturated rings. The van der Waals surface area contributed by atoms with Crippen LogP contribution in [0.4, 0.5) is 0 Å². The van der Waals surface area contributed by atoms with E-state index in [9.17, 15) is 4.79 Å². The third-order valence-corrected chi connectivity index (χ3v) is 5.32. The Morgan fingerprint density at radius 2 is 2.30 bits per heavy atom. The summed E-state index contributed by atoms with van der Waals surface area (Å²) in [5, 5.41) is 3.89. The topological polar surface area (TPSA) is 41.6 Å². The van der Waals surface area contributed by atoms with E-state index in [1.165, 1.54) is 18.6 Å². The Hall–Kier alpha value is -1.20. The van der Waals surface area contributed by atoms with Crippen molar-refractivity contribution in [3.05, 3.63) is 29.8 Å². The average molecular weight is 292 g/mol. The minimum atomic E-state index is -0.0557. The van der Waals surface area contributed by atoms with Gasteiger partial charge in [0.15, 0.2) is 0 Å². The first-order valence-electron chi connectivity index (χ1n) is 7.07. The van der Waals surface area contributed by atoms with Crippen LogP contribution >= 0.6 is 11.8 Å². The van der Waals surface area contributed by atoms with Crippen molar-refractivity contribution in [2.45, 2.75) is 24.3 Å². The summed E-state index contributed by atoms with van der Waals surface area (Å²) in [4.78, 5) is 14.1. The number of para-hydroxylation sites is 1. The summed E-state index contributed by atoms with van der Waals surface area (Å²) in [5.41, 5.74) is 1.05. The van der Waals surface area contributed by atoms with E-state index < -0.39 is 0 Å². The van der Waals surface area contributed by atoms with Crippen LogP contribution in [0.5, 0.6) is 5.75 Å². The molecule has 5 heteroatoms. The number of rotatable bonds is 4. The van der Waals surface area contributed by atoms with Gasteiger partial charge in [-0.2, -0.15) is 11.8 Å². The molecular formula is C15H20N2O2S. The number of hydrogen-bond acceptors (Lipinski definition) is 4. The second-order valence-corrected chi connectivity index (χ2v) is 6.61. The van der Waals surface area contributed by atoms with Gasteiger partial charge in [0.2, 0.25) is 5.91 Å². The highest BCUT2D eigenvalue weighted by molar-refractivity contribution is 8.00. The van der Waals surface area contributed by atoms with Crippen molar-refractivity contribution >= 4 is 17.7 Å². The zero-order chi connectivity index (χ0) is 13.9. The molecule has 2 saturated heterocycles. The van der Waals surface area contributed by atoms with E-state index in [-0.39, 0.29) is 12.1 Å². The molecule has 2 unspecified atom stereocenters. The number of hydrogen-bond donors (Lipinski definition) is 1. The summed E-state index contributed by atoms with van der Waals surface area (Å²) in [6, 6.07) is 7.92. The summed E-state index contributed by atoms with van der Waals surface area (Å²) in [5.74, 6) is 2.25. The predicted molar refractivity (Wildman–Crippen MR) is 80.9 cm³/mol. The van der Waals surface area contributed by atoms with Gasteiger partial charge in [0.1, 0.15) is 11.9 Å². The van der Waals surface area contributed by atoms with Gasteiger partial charge >= 0.3 is 0 Å². The van der Waals surface area contributed by atoms with Gasteiger partial charge in [0.05, 0.1) is 13.7 Å². The molecule has 20 heavy (non-hydrogen) atoms. The van der Waals surface area contributed by atoms with Gasteiger partial charge in [0.25, 0.3) is 0 Å². The molecular weight excluding hydrogens is 272 g/mol. The zero-order valence-corrected chi connectivity index (χ0v) is 12.5. The molecule has 0 radical (unpaired) electrons. The molecule has 0 bridgehead atoms. The van der Waals surface area contributed by atoms with E-state index in [2.05, 4.69) is 5.32 Å². The molecule has 1 aromatic rings. The highest BCUT2D eigenvalue weighted by Crippen LogP contribution is 2.33. The quantitative estimate of drug-likeness (QED) is 0.922. The highest BCUT2D eigenvalue weighted by Gasteiger charge is 2.35. The van der Waals surface area contributed by atoms with Crippen molar-refractivity contribution in [3.63, 3.8) is 0 Å². The van der Waals surface area contributed by atoms with Gasteiger partial charge in [0, 0.05) is 17.4 Å². The Labute approximate surface area is 123 Å². The van der Waals surface area contributed by atoms with Crippen molar-refractivity contribution < 1.29 is 9.53 Å². The number of methoxy groups -OCH3 is 1. The van der Waals surface area contributed by atoms with Crippen LogP contribution in [0.2, 0.25) is 0 Å². The molecule has 0 aliphatic carbocycles. The van der Waals surface area contributed by atoms with E-state index >= 15 is 0 Å². The number of thioether (sulfide) groups is 1. The second-order valence-electron chi connectivity index (χ2n) is 5.21. The highest BCUT2D eigenvalue weighted by atomic mass is 32.2. The number of carbonyl (C=O) groups excluding carboxylic acids is 1. The van der Waals surface area contributed by atoms with Crippen molar-refractivity contribution in [1.82, 2.24) is 10.2 Å². The molecule has 1 amide bonds. The Morgan fingerprint density at radius 3 is 3.05 bits per heavy atom. The summed E-state index contributed by atoms with van der Waals surface area (Å²) >= 11 is 1.99. The van der Waals surface area contributed by atoms with Gasteiger partial charge in [-0.25, -0.2) is 0 Å². The summed E-state index contributed by atoms with van der Waals surface area (Å²) in [7, 11) is 1.67. The molecule has 0 saturated carbocycles. The lowest BCUT2D eigenvalue weighted by Crippen LogP contribution is -2.35. The fraction of sp³-hybridized carbons (Fsp3) is 0.533. The lowest BCUT2D eigenvalue weighted by molar-refractivity contribution is -0.128. The normalized spacial score (nSPS) is 26.2. The maximum atomic E-state index is 12.2. The maximum Gasteiger partial charge on any atom is 0.238 e. The van der Waals surface area contributed by atoms with E-state index in [0.29, 0.717) is 11.8 Å². The number of amides is 1. The van der Waals surface area contributed by atoms with E-state index in [4.69, 9.17) is 4.74 Å². The van der Waals surface area contributed by atoms with Crippen LogP contribution in [0, 0.1) is 0 Å². The largest absolute Gasteiger partial charge is 0.496 e. The third kappa shape index (κ3) is 2.65. The molecule has 2 heterocycles. The van der Waals surface area contributed by atoms with Crippen molar-refractivity contribution in [2.24, 2.45) is 0 Å². The van der Waals surface area contributed by atoms with E-state index in [0.717, 1.165) is 17.9 Å². The Balaban J connectivity index is 1.81. The van der Waals surface area contributed by atoms with Gasteiger partial charge in [-0.3, -0.25) is 10.1 Å². The van der Waals surface area contributed by atoms with Gasteiger partial charge < -0.3 is 9.64 Å². The van der Waals surface area contributed by atoms with Gasteiger partial charge in [-0.15, -0.1) is 0 Å². The molecule has 4 nitrogen and oxygen atoms in total. The summed E-state index contributed by atoms with van der Waals surface area (Å²) < 4.78 is 5.43. The average Bonchev–Trinajstić information content (AvgIpc) is 3.11. The van der Waals surface area contributed by atoms with Crippen LogP contribution in [-0.4, -0.2) is 42.0 Å². The smallest absolute Gasteiger partial charge is 0.238 e. The predicted octanol–water partition coefficient (Wildman–Crippen LogP) is 2.02. The lowest BCUT2D eigenvalue weighted by atomic mass is 10.1. The first-order valence-corrected chi connectivity index (χ1v) is 8.12. The molecule has 0 spiro atoms. The molecule has 1 N–H and O–H groups in total. The van der Waals surface area contributed by atoms with Crippen LogP contribution in [0.25, 0.3) is 0 Å². The summed E-state index contributed by atoms with van der Waals surface area (Å²) in [6.45, 7) is 1.25. The molecule has 3 rings (SSSR count). The lowest BCUT2D eigenvalue weighted by Gasteiger charge is -2.28. The molecule has 1 aromatic carbocycles. The fourth-order valence-electron chi connectivity index (χ4n) is 2.92. The fourth-order valence-corrected chi connectivity index (χ4v) is 4.19. The van der Waals surface area contributed by atoms with E-state index in [1.54, 1.807) is 7.11 Å². The van der Waals surface area contributed by atoms with Crippen LogP contribution in [0.15, 0.2) is 24.3 Å². The number of nitrogens with zero attached hydrogens (tertiary/aromatic N) is 1. The third-order valence-electron chi connectivity index (χ3n) is 3.94. The van der Waals surface area contributed by atoms with Crippen LogP contribution < -0.4 is 10.1 Å². The molecule has 2 aliphatic rings. The van der Waals surface area contributed by atoms with Crippen molar-refractivity contribution in [2.75, 3.05) is 26.0 Å². The second kappa shape index (κ2) is 6.06. The van der Waals surface area contributed by atoms with Gasteiger partial charge in [-0.05, 0) is 24.7 Å². The molecule has 0 aromatic heterocycles. The zero-order valence-electron chi connectivity index (χ0n) is 11.7. The van der Waals surface area contributed by atoms with Crippen molar-refractivity contribution in [3.8, 4) is 5.75 Å². The number of carbonyl (C=O) groups is 1. The minimum Gasteiger partial charge on any atom is -0.496 e. The van der Waals surface area contributed by atoms with Gasteiger partial charge in [-0.1, -0.05) is 18.2 Å². The molecule has 2 aliphatic heterocycles. The minimum absolute atomic E-state index is 0.0557. The molecule has 2 atom stereocenters. The van der Waals surface area contributed by atoms with Crippen LogP contribution in [0.3, 0.4) is 0 Å². The maximum absolute atomic E-state index is 12.2. The number of ether oxygens (including phenoxy) is 1. The first kappa shape index (κ1) is 13.8. The van der Waals surface area contributed by atoms with Crippen LogP contribution in [0.1, 0.15) is 24.6 Å². The SMILES string of the molecule is COc1ccccc1C1NCC(=O)N1CC1CCCS1. The standard InChI is InChI=1S/C15H20N2O2S/c1-19-13-7-3-2-6-12(13)15-16-9-14(18)17(15)10-11-5-4-8-20-11/h2-3,6-7,11,15-16H,4-5,8-10H2,1H3. The Morgan fingerprint density at radius 1 is 1.45 bits per heavy atom.